The van der Waals surface area contributed by atoms with Crippen LogP contribution in [0.25, 0.3) is 0 Å². The van der Waals surface area contributed by atoms with Crippen LogP contribution in [0.15, 0.2) is 58.6 Å². The van der Waals surface area contributed by atoms with E-state index in [2.05, 4.69) is 15.0 Å². The lowest BCUT2D eigenvalue weighted by atomic mass is 10.3. The predicted octanol–water partition coefficient (Wildman–Crippen LogP) is 0.630. The second kappa shape index (κ2) is 5.97. The molecule has 3 rings (SSSR count). The van der Waals surface area contributed by atoms with E-state index < -0.39 is 0 Å². The highest BCUT2D eigenvalue weighted by Crippen LogP contribution is 1.86. The smallest absolute Gasteiger partial charge is 0.249 e. The molecule has 0 N–H and O–H groups in total. The molecule has 0 atom stereocenters. The van der Waals surface area contributed by atoms with Gasteiger partial charge in [0.05, 0.1) is 10.7 Å². The minimum absolute atomic E-state index is 0.297. The molecule has 0 aliphatic carbocycles. The van der Waals surface area contributed by atoms with E-state index >= 15 is 0 Å². The summed E-state index contributed by atoms with van der Waals surface area (Å²) in [6, 6.07) is 13.3. The molecule has 1 aromatic heterocycles. The van der Waals surface area contributed by atoms with Gasteiger partial charge in [-0.2, -0.15) is 0 Å². The van der Waals surface area contributed by atoms with Gasteiger partial charge < -0.3 is 0 Å². The highest BCUT2D eigenvalue weighted by Gasteiger charge is 1.99. The molecule has 0 saturated heterocycles. The van der Waals surface area contributed by atoms with Crippen LogP contribution in [0.3, 0.4) is 0 Å². The molecule has 2 heterocycles. The third kappa shape index (κ3) is 3.18. The van der Waals surface area contributed by atoms with Crippen LogP contribution in [0.2, 0.25) is 0 Å². The Balaban J connectivity index is 0.000000149. The first-order chi connectivity index (χ1) is 8.79. The maximum atomic E-state index is 10.3. The number of aromatic nitrogens is 1. The normalized spacial score (nSPS) is 11.5. The van der Waals surface area contributed by atoms with E-state index in [4.69, 9.17) is 0 Å². The topological polar surface area (TPSA) is 54.7 Å². The molecule has 0 saturated carbocycles. The first-order valence-corrected chi connectivity index (χ1v) is 6.10. The van der Waals surface area contributed by atoms with Crippen LogP contribution in [0.1, 0.15) is 5.69 Å². The minimum Gasteiger partial charge on any atom is -0.262 e. The monoisotopic (exact) mass is 257 g/mol. The second-order valence-corrected chi connectivity index (χ2v) is 4.08. The number of nitrogens with zero attached hydrogens (tertiary/aromatic N) is 3. The molecule has 0 unspecified atom stereocenters. The average molecular weight is 257 g/mol. The summed E-state index contributed by atoms with van der Waals surface area (Å²) < 4.78 is 10.3. The Hall–Kier alpha value is -2.14. The van der Waals surface area contributed by atoms with Crippen molar-refractivity contribution in [1.82, 2.24) is 4.98 Å². The van der Waals surface area contributed by atoms with E-state index in [9.17, 15) is 4.21 Å². The summed E-state index contributed by atoms with van der Waals surface area (Å²) in [6.45, 7) is 1.97. The Morgan fingerprint density at radius 3 is 1.94 bits per heavy atom. The van der Waals surface area contributed by atoms with Crippen molar-refractivity contribution in [2.24, 2.45) is 9.98 Å². The van der Waals surface area contributed by atoms with E-state index in [0.29, 0.717) is 16.4 Å². The molecule has 0 amide bonds. The van der Waals surface area contributed by atoms with E-state index in [1.165, 1.54) is 0 Å². The first kappa shape index (κ1) is 12.3. The zero-order chi connectivity index (χ0) is 12.8. The third-order valence-corrected chi connectivity index (χ3v) is 2.53. The molecule has 2 aromatic rings. The zero-order valence-electron chi connectivity index (χ0n) is 9.78. The lowest BCUT2D eigenvalue weighted by Crippen LogP contribution is -2.19. The minimum atomic E-state index is 0.297. The third-order valence-electron chi connectivity index (χ3n) is 2.20. The molecular weight excluding hydrogens is 246 g/mol. The number of para-hydroxylation sites is 2. The number of aryl methyl sites for hydroxylation is 1. The van der Waals surface area contributed by atoms with Crippen molar-refractivity contribution in [3.8, 4) is 0 Å². The second-order valence-electron chi connectivity index (χ2n) is 3.55. The molecule has 1 aliphatic heterocycles. The van der Waals surface area contributed by atoms with Crippen LogP contribution in [0.5, 0.6) is 0 Å². The van der Waals surface area contributed by atoms with Gasteiger partial charge in [0.2, 0.25) is 5.11 Å². The van der Waals surface area contributed by atoms with Gasteiger partial charge in [0, 0.05) is 11.9 Å². The van der Waals surface area contributed by atoms with Crippen molar-refractivity contribution < 1.29 is 4.21 Å². The van der Waals surface area contributed by atoms with Gasteiger partial charge in [-0.1, -0.05) is 18.2 Å². The van der Waals surface area contributed by atoms with Gasteiger partial charge in [-0.25, -0.2) is 14.2 Å². The summed E-state index contributed by atoms with van der Waals surface area (Å²) in [5, 5.41) is 1.86. The van der Waals surface area contributed by atoms with E-state index in [1.54, 1.807) is 6.20 Å². The molecule has 0 radical (unpaired) electrons. The summed E-state index contributed by atoms with van der Waals surface area (Å²) in [4.78, 5) is 11.9. The number of pyridine rings is 1. The lowest BCUT2D eigenvalue weighted by Gasteiger charge is -1.82. The van der Waals surface area contributed by atoms with Crippen LogP contribution in [-0.4, -0.2) is 14.3 Å². The van der Waals surface area contributed by atoms with Crippen LogP contribution in [0.4, 0.5) is 0 Å². The highest BCUT2D eigenvalue weighted by molar-refractivity contribution is 7.66. The maximum absolute atomic E-state index is 10.3. The summed E-state index contributed by atoms with van der Waals surface area (Å²) in [5.74, 6) is 0. The summed E-state index contributed by atoms with van der Waals surface area (Å²) >= 11 is 0.322. The first-order valence-electron chi connectivity index (χ1n) is 5.36. The quantitative estimate of drug-likeness (QED) is 0.650. The number of benzene rings is 1. The van der Waals surface area contributed by atoms with Crippen LogP contribution < -0.4 is 10.7 Å². The number of fused-ring (bicyclic) bond motifs is 1. The van der Waals surface area contributed by atoms with Crippen molar-refractivity contribution >= 4 is 16.4 Å². The van der Waals surface area contributed by atoms with Gasteiger partial charge in [-0.15, -0.1) is 0 Å². The maximum Gasteiger partial charge on any atom is 0.249 e. The summed E-state index contributed by atoms with van der Waals surface area (Å²) in [6.07, 6.45) is 1.79. The Morgan fingerprint density at radius 2 is 1.56 bits per heavy atom. The van der Waals surface area contributed by atoms with E-state index in [-0.39, 0.29) is 0 Å². The van der Waals surface area contributed by atoms with Crippen LogP contribution in [-0.2, 0) is 11.3 Å². The highest BCUT2D eigenvalue weighted by atomic mass is 32.1. The van der Waals surface area contributed by atoms with Crippen molar-refractivity contribution in [1.29, 1.82) is 0 Å². The van der Waals surface area contributed by atoms with Gasteiger partial charge >= 0.3 is 0 Å². The molecular formula is C13H11N3OS. The van der Waals surface area contributed by atoms with Crippen molar-refractivity contribution in [2.45, 2.75) is 6.92 Å². The van der Waals surface area contributed by atoms with Crippen molar-refractivity contribution in [3.63, 3.8) is 0 Å². The number of rotatable bonds is 0. The number of hydrogen-bond acceptors (Lipinski definition) is 2. The van der Waals surface area contributed by atoms with E-state index in [1.807, 2.05) is 49.4 Å². The molecule has 0 spiro atoms. The molecule has 5 heteroatoms. The lowest BCUT2D eigenvalue weighted by molar-refractivity contribution is 0.700. The zero-order valence-corrected chi connectivity index (χ0v) is 10.6. The summed E-state index contributed by atoms with van der Waals surface area (Å²) in [7, 11) is 0. The molecule has 0 fully saturated rings. The Labute approximate surface area is 108 Å². The Kier molecular flexibility index (Phi) is 4.09. The fourth-order valence-electron chi connectivity index (χ4n) is 1.37. The van der Waals surface area contributed by atoms with Crippen molar-refractivity contribution in [3.05, 3.63) is 65.1 Å². The predicted molar refractivity (Wildman–Crippen MR) is 70.9 cm³/mol. The largest absolute Gasteiger partial charge is 0.262 e. The molecule has 18 heavy (non-hydrogen) atoms. The fraction of sp³-hybridized carbons (Fsp3) is 0.0769. The number of hydrogen-bond donors (Lipinski definition) is 0. The van der Waals surface area contributed by atoms with Gasteiger partial charge in [0.1, 0.15) is 11.3 Å². The SMILES string of the molecule is Cc1ccccn1.O=S=C1N=c2ccccc2=N1. The molecule has 90 valence electrons. The summed E-state index contributed by atoms with van der Waals surface area (Å²) in [5.41, 5.74) is 1.07. The van der Waals surface area contributed by atoms with Crippen molar-refractivity contribution in [2.75, 3.05) is 0 Å². The van der Waals surface area contributed by atoms with Gasteiger partial charge in [0.25, 0.3) is 0 Å². The van der Waals surface area contributed by atoms with Crippen LogP contribution in [0, 0.1) is 6.92 Å². The van der Waals surface area contributed by atoms with Gasteiger partial charge in [-0.05, 0) is 31.2 Å². The molecule has 1 aliphatic rings. The van der Waals surface area contributed by atoms with E-state index in [0.717, 1.165) is 16.4 Å². The molecule has 1 aromatic carbocycles. The van der Waals surface area contributed by atoms with Crippen LogP contribution >= 0.6 is 0 Å². The molecule has 0 bridgehead atoms. The fourth-order valence-corrected chi connectivity index (χ4v) is 1.64. The standard InChI is InChI=1S/C7H4N2OS.C6H7N/c10-11-7-8-5-3-1-2-4-6(5)9-7;1-6-4-2-3-5-7-6/h1-4H;2-5H,1H3. The Morgan fingerprint density at radius 1 is 0.944 bits per heavy atom. The van der Waals surface area contributed by atoms with Gasteiger partial charge in [-0.3, -0.25) is 4.98 Å². The average Bonchev–Trinajstić information content (AvgIpc) is 2.83. The van der Waals surface area contributed by atoms with Gasteiger partial charge in [0.15, 0.2) is 0 Å². The molecule has 4 nitrogen and oxygen atoms in total. The Bertz CT molecular complexity index is 670.